The lowest BCUT2D eigenvalue weighted by Gasteiger charge is -2.38. The van der Waals surface area contributed by atoms with Crippen molar-refractivity contribution in [2.24, 2.45) is 11.8 Å². The zero-order valence-electron chi connectivity index (χ0n) is 47.2. The van der Waals surface area contributed by atoms with Crippen LogP contribution in [0.5, 0.6) is 0 Å². The molecule has 2 saturated carbocycles. The number of likely N-dealkylation sites (tertiary alicyclic amines) is 1. The van der Waals surface area contributed by atoms with Gasteiger partial charge in [-0.05, 0) is 102 Å². The molecule has 10 heteroatoms. The Kier molecular flexibility index (Phi) is 41.2. The number of unbranched alkanes of at least 4 members (excludes halogenated alkanes) is 20. The van der Waals surface area contributed by atoms with Gasteiger partial charge in [0.25, 0.3) is 0 Å². The fraction of sp³-hybridized carbons (Fsp3) is 0.933. The lowest BCUT2D eigenvalue weighted by atomic mass is 9.91. The summed E-state index contributed by atoms with van der Waals surface area (Å²) in [7, 11) is 0. The molecule has 2 atom stereocenters. The largest absolute Gasteiger partial charge is 0.493 e. The third kappa shape index (κ3) is 35.4. The van der Waals surface area contributed by atoms with E-state index in [0.717, 1.165) is 128 Å². The van der Waals surface area contributed by atoms with E-state index in [0.29, 0.717) is 31.9 Å². The average Bonchev–Trinajstić information content (AvgIpc) is 4.31. The van der Waals surface area contributed by atoms with Crippen molar-refractivity contribution in [1.82, 2.24) is 9.80 Å². The summed E-state index contributed by atoms with van der Waals surface area (Å²) in [6.07, 6.45) is 39.6. The van der Waals surface area contributed by atoms with Gasteiger partial charge in [0.15, 0.2) is 12.6 Å². The van der Waals surface area contributed by atoms with Gasteiger partial charge in [0.2, 0.25) is 0 Å². The maximum absolute atomic E-state index is 13.1. The third-order valence-electron chi connectivity index (χ3n) is 14.5. The first-order valence-electron chi connectivity index (χ1n) is 30.2. The molecule has 3 rings (SSSR count). The number of rotatable bonds is 47. The minimum absolute atomic E-state index is 0.0391. The van der Waals surface area contributed by atoms with Crippen LogP contribution in [-0.2, 0) is 33.2 Å². The van der Waals surface area contributed by atoms with E-state index in [4.69, 9.17) is 28.4 Å². The highest BCUT2D eigenvalue weighted by molar-refractivity contribution is 5.75. The normalized spacial score (nSPS) is 16.8. The second kappa shape index (κ2) is 44.7. The summed E-state index contributed by atoms with van der Waals surface area (Å²) < 4.78 is 37.0. The first-order valence-corrected chi connectivity index (χ1v) is 30.2. The Morgan fingerprint density at radius 2 is 0.957 bits per heavy atom. The van der Waals surface area contributed by atoms with Crippen LogP contribution >= 0.6 is 0 Å². The van der Waals surface area contributed by atoms with Crippen LogP contribution in [0.3, 0.4) is 0 Å². The maximum atomic E-state index is 13.1. The van der Waals surface area contributed by atoms with Gasteiger partial charge < -0.3 is 43.0 Å². The summed E-state index contributed by atoms with van der Waals surface area (Å²) in [6.45, 7) is 23.0. The predicted molar refractivity (Wildman–Crippen MR) is 291 cm³/mol. The van der Waals surface area contributed by atoms with Gasteiger partial charge in [-0.3, -0.25) is 0 Å². The van der Waals surface area contributed by atoms with E-state index >= 15 is 0 Å². The van der Waals surface area contributed by atoms with Crippen molar-refractivity contribution in [3.05, 3.63) is 11.3 Å². The standard InChI is InChI=1S/C39H72N2O5.C21H42O3/c1-5-9-11-13-15-17-27-43-38(44-28-18-16-14-12-10-6-2)25-24-37(34-22-23-34)46-36-30-35(33-20-21-33)31-41(32-36)39(42)45-29-19-26-40(7-3)8-4;1-4-6-8-10-12-14-18-23-21(17-16-20(3)22)24-19-15-13-11-9-7-5-2/h33,35-36,38H,5-32H2,1-4H3;21H,4-19H2,1-3H3. The number of ketones is 1. The van der Waals surface area contributed by atoms with E-state index in [2.05, 4.69) is 46.4 Å². The Balaban J connectivity index is 0.000000592. The number of amides is 1. The average molecular weight is 992 g/mol. The van der Waals surface area contributed by atoms with Crippen molar-refractivity contribution in [1.29, 1.82) is 0 Å². The molecule has 2 unspecified atom stereocenters. The molecule has 3 aliphatic rings. The van der Waals surface area contributed by atoms with E-state index < -0.39 is 0 Å². The highest BCUT2D eigenvalue weighted by Crippen LogP contribution is 2.43. The fourth-order valence-corrected chi connectivity index (χ4v) is 9.56. The van der Waals surface area contributed by atoms with Crippen LogP contribution in [0.4, 0.5) is 4.79 Å². The molecule has 0 spiro atoms. The topological polar surface area (TPSA) is 96.0 Å². The molecule has 1 heterocycles. The Morgan fingerprint density at radius 1 is 0.529 bits per heavy atom. The highest BCUT2D eigenvalue weighted by Gasteiger charge is 2.40. The first-order chi connectivity index (χ1) is 34.3. The molecule has 3 fully saturated rings. The van der Waals surface area contributed by atoms with Crippen LogP contribution in [-0.4, -0.2) is 106 Å². The minimum atomic E-state index is -0.194. The fourth-order valence-electron chi connectivity index (χ4n) is 9.56. The molecule has 70 heavy (non-hydrogen) atoms. The molecule has 0 aromatic rings. The molecule has 0 bridgehead atoms. The number of nitrogens with zero attached hydrogens (tertiary/aromatic N) is 2. The van der Waals surface area contributed by atoms with Gasteiger partial charge in [0.1, 0.15) is 11.9 Å². The molecule has 1 amide bonds. The van der Waals surface area contributed by atoms with E-state index in [1.807, 2.05) is 4.90 Å². The van der Waals surface area contributed by atoms with Crippen LogP contribution in [0.2, 0.25) is 0 Å². The maximum Gasteiger partial charge on any atom is 0.409 e. The number of hydrogen-bond acceptors (Lipinski definition) is 9. The van der Waals surface area contributed by atoms with Crippen LogP contribution in [0.25, 0.3) is 0 Å². The Morgan fingerprint density at radius 3 is 1.36 bits per heavy atom. The molecule has 412 valence electrons. The smallest absolute Gasteiger partial charge is 0.409 e. The zero-order chi connectivity index (χ0) is 50.7. The highest BCUT2D eigenvalue weighted by atomic mass is 16.7. The number of hydrogen-bond donors (Lipinski definition) is 0. The monoisotopic (exact) mass is 991 g/mol. The molecule has 1 aliphatic heterocycles. The Hall–Kier alpha value is -1.72. The summed E-state index contributed by atoms with van der Waals surface area (Å²) in [5, 5.41) is 0. The van der Waals surface area contributed by atoms with Gasteiger partial charge in [-0.15, -0.1) is 0 Å². The minimum Gasteiger partial charge on any atom is -0.493 e. The Bertz CT molecular complexity index is 1210. The number of piperidine rings is 1. The Labute approximate surface area is 432 Å². The van der Waals surface area contributed by atoms with Crippen LogP contribution in [0.1, 0.15) is 267 Å². The molecular weight excluding hydrogens is 877 g/mol. The number of ether oxygens (including phenoxy) is 6. The lowest BCUT2D eigenvalue weighted by molar-refractivity contribution is -0.150. The predicted octanol–water partition coefficient (Wildman–Crippen LogP) is 16.3. The van der Waals surface area contributed by atoms with Crippen molar-refractivity contribution in [3.8, 4) is 0 Å². The number of carbonyl (C=O) groups excluding carboxylic acids is 2. The van der Waals surface area contributed by atoms with Gasteiger partial charge in [-0.1, -0.05) is 170 Å². The van der Waals surface area contributed by atoms with Gasteiger partial charge in [0, 0.05) is 65.2 Å². The van der Waals surface area contributed by atoms with E-state index in [9.17, 15) is 9.59 Å². The van der Waals surface area contributed by atoms with Gasteiger partial charge >= 0.3 is 6.09 Å². The van der Waals surface area contributed by atoms with Crippen molar-refractivity contribution >= 4 is 11.9 Å². The third-order valence-corrected chi connectivity index (χ3v) is 14.5. The number of carbonyl (C=O) groups is 2. The summed E-state index contributed by atoms with van der Waals surface area (Å²) in [5.74, 6) is 2.61. The SMILES string of the molecule is CCCCCCCCOC(CCC(C)=O)OCCCCCCCC.CCCCCCCCOC(CCC(OC1CC(C2CC2)CN(C(=O)OCCCN(CC)CC)C1)=C1CC1)OCCCCCCCC. The molecule has 0 radical (unpaired) electrons. The van der Waals surface area contributed by atoms with E-state index in [-0.39, 0.29) is 30.6 Å². The van der Waals surface area contributed by atoms with E-state index in [1.54, 1.807) is 6.92 Å². The van der Waals surface area contributed by atoms with Crippen LogP contribution in [0.15, 0.2) is 11.3 Å². The number of Topliss-reactive ketones (excluding diaryl/α,β-unsaturated/α-hetero) is 1. The number of allylic oxidation sites excluding steroid dienone is 2. The first kappa shape index (κ1) is 64.4. The van der Waals surface area contributed by atoms with E-state index in [1.165, 1.54) is 147 Å². The quantitative estimate of drug-likeness (QED) is 0.0335. The zero-order valence-corrected chi connectivity index (χ0v) is 47.2. The second-order valence-electron chi connectivity index (χ2n) is 21.2. The van der Waals surface area contributed by atoms with Gasteiger partial charge in [-0.2, -0.15) is 0 Å². The van der Waals surface area contributed by atoms with Gasteiger partial charge in [-0.25, -0.2) is 4.79 Å². The molecular formula is C60H114N2O8. The molecule has 0 aromatic heterocycles. The molecule has 1 saturated heterocycles. The molecule has 10 nitrogen and oxygen atoms in total. The molecule has 0 aromatic carbocycles. The summed E-state index contributed by atoms with van der Waals surface area (Å²) >= 11 is 0. The van der Waals surface area contributed by atoms with Crippen LogP contribution in [0, 0.1) is 11.8 Å². The van der Waals surface area contributed by atoms with Gasteiger partial charge in [0.05, 0.1) is 18.9 Å². The second-order valence-corrected chi connectivity index (χ2v) is 21.2. The summed E-state index contributed by atoms with van der Waals surface area (Å²) in [5.41, 5.74) is 1.45. The molecule has 0 N–H and O–H groups in total. The van der Waals surface area contributed by atoms with Crippen molar-refractivity contribution in [2.45, 2.75) is 285 Å². The van der Waals surface area contributed by atoms with Crippen molar-refractivity contribution in [3.63, 3.8) is 0 Å². The summed E-state index contributed by atoms with van der Waals surface area (Å²) in [4.78, 5) is 28.7. The molecule has 2 aliphatic carbocycles. The van der Waals surface area contributed by atoms with Crippen LogP contribution < -0.4 is 0 Å². The lowest BCUT2D eigenvalue weighted by Crippen LogP contribution is -2.48. The summed E-state index contributed by atoms with van der Waals surface area (Å²) in [6, 6.07) is 0. The van der Waals surface area contributed by atoms with Crippen molar-refractivity contribution in [2.75, 3.05) is 65.8 Å². The van der Waals surface area contributed by atoms with Crippen molar-refractivity contribution < 1.29 is 38.0 Å².